The first-order valence-corrected chi connectivity index (χ1v) is 9.88. The van der Waals surface area contributed by atoms with E-state index in [-0.39, 0.29) is 5.91 Å². The number of hydrogen-bond acceptors (Lipinski definition) is 3. The molecular weight excluding hydrogens is 336 g/mol. The maximum absolute atomic E-state index is 12.6. The number of nitrogens with zero attached hydrogens (tertiary/aromatic N) is 4. The molecule has 0 N–H and O–H groups in total. The number of rotatable bonds is 6. The fourth-order valence-corrected chi connectivity index (χ4v) is 4.08. The molecule has 1 atom stereocenters. The van der Waals surface area contributed by atoms with Crippen molar-refractivity contribution < 1.29 is 4.79 Å². The van der Waals surface area contributed by atoms with Gasteiger partial charge in [-0.2, -0.15) is 0 Å². The summed E-state index contributed by atoms with van der Waals surface area (Å²) in [5.41, 5.74) is 3.38. The standard InChI is InChI=1S/C22H26N4O/c1-2-26-20-15-23-13-11-19(20)24-22(26)18-12-14-25(16-18)21(27)10-6-9-17-7-4-3-5-8-17/h3-5,7-8,11,13,15,18H,2,6,9-10,12,14,16H2,1H3/t18-/m1/s1. The lowest BCUT2D eigenvalue weighted by Gasteiger charge is -2.17. The van der Waals surface area contributed by atoms with Crippen LogP contribution in [0.3, 0.4) is 0 Å². The molecule has 1 saturated heterocycles. The number of hydrogen-bond donors (Lipinski definition) is 0. The van der Waals surface area contributed by atoms with Gasteiger partial charge in [0.05, 0.1) is 17.2 Å². The van der Waals surface area contributed by atoms with Crippen molar-refractivity contribution >= 4 is 16.9 Å². The van der Waals surface area contributed by atoms with Crippen LogP contribution < -0.4 is 0 Å². The van der Waals surface area contributed by atoms with Gasteiger partial charge >= 0.3 is 0 Å². The van der Waals surface area contributed by atoms with Crippen LogP contribution in [0.4, 0.5) is 0 Å². The largest absolute Gasteiger partial charge is 0.342 e. The Morgan fingerprint density at radius 3 is 2.89 bits per heavy atom. The van der Waals surface area contributed by atoms with Crippen molar-refractivity contribution in [3.63, 3.8) is 0 Å². The van der Waals surface area contributed by atoms with E-state index in [0.29, 0.717) is 12.3 Å². The lowest BCUT2D eigenvalue weighted by Crippen LogP contribution is -2.28. The second-order valence-corrected chi connectivity index (χ2v) is 7.24. The van der Waals surface area contributed by atoms with Gasteiger partial charge in [-0.05, 0) is 37.8 Å². The molecule has 140 valence electrons. The van der Waals surface area contributed by atoms with E-state index in [4.69, 9.17) is 4.98 Å². The summed E-state index contributed by atoms with van der Waals surface area (Å²) < 4.78 is 2.25. The number of pyridine rings is 1. The fourth-order valence-electron chi connectivity index (χ4n) is 4.08. The number of carbonyl (C=O) groups is 1. The Morgan fingerprint density at radius 2 is 2.07 bits per heavy atom. The third kappa shape index (κ3) is 3.72. The van der Waals surface area contributed by atoms with Crippen LogP contribution in [0, 0.1) is 0 Å². The number of fused-ring (bicyclic) bond motifs is 1. The monoisotopic (exact) mass is 362 g/mol. The number of aryl methyl sites for hydroxylation is 2. The second-order valence-electron chi connectivity index (χ2n) is 7.24. The second kappa shape index (κ2) is 7.91. The average molecular weight is 362 g/mol. The zero-order valence-electron chi connectivity index (χ0n) is 15.8. The van der Waals surface area contributed by atoms with E-state index in [1.807, 2.05) is 23.2 Å². The van der Waals surface area contributed by atoms with Crippen LogP contribution in [0.15, 0.2) is 48.8 Å². The van der Waals surface area contributed by atoms with E-state index in [0.717, 1.165) is 55.8 Å². The lowest BCUT2D eigenvalue weighted by molar-refractivity contribution is -0.130. The summed E-state index contributed by atoms with van der Waals surface area (Å²) in [4.78, 5) is 23.7. The molecule has 1 amide bonds. The molecule has 5 nitrogen and oxygen atoms in total. The number of benzene rings is 1. The Balaban J connectivity index is 1.38. The molecule has 3 aromatic rings. The number of likely N-dealkylation sites (tertiary alicyclic amines) is 1. The number of amides is 1. The van der Waals surface area contributed by atoms with E-state index >= 15 is 0 Å². The van der Waals surface area contributed by atoms with Crippen LogP contribution >= 0.6 is 0 Å². The lowest BCUT2D eigenvalue weighted by atomic mass is 10.1. The molecule has 0 radical (unpaired) electrons. The molecule has 27 heavy (non-hydrogen) atoms. The minimum atomic E-state index is 0.272. The highest BCUT2D eigenvalue weighted by atomic mass is 16.2. The molecule has 0 unspecified atom stereocenters. The molecule has 0 saturated carbocycles. The normalized spacial score (nSPS) is 16.9. The van der Waals surface area contributed by atoms with E-state index in [1.165, 1.54) is 5.56 Å². The predicted octanol–water partition coefficient (Wildman–Crippen LogP) is 3.79. The van der Waals surface area contributed by atoms with Crippen molar-refractivity contribution in [3.8, 4) is 0 Å². The van der Waals surface area contributed by atoms with Gasteiger partial charge in [-0.3, -0.25) is 9.78 Å². The maximum atomic E-state index is 12.6. The summed E-state index contributed by atoms with van der Waals surface area (Å²) >= 11 is 0. The van der Waals surface area contributed by atoms with Gasteiger partial charge in [-0.15, -0.1) is 0 Å². The highest BCUT2D eigenvalue weighted by Gasteiger charge is 2.30. The van der Waals surface area contributed by atoms with Crippen molar-refractivity contribution in [2.45, 2.75) is 45.1 Å². The average Bonchev–Trinajstić information content (AvgIpc) is 3.33. The van der Waals surface area contributed by atoms with E-state index in [1.54, 1.807) is 6.20 Å². The maximum Gasteiger partial charge on any atom is 0.222 e. The van der Waals surface area contributed by atoms with Crippen LogP contribution in [-0.4, -0.2) is 38.4 Å². The Bertz CT molecular complexity index is 918. The zero-order chi connectivity index (χ0) is 18.6. The fraction of sp³-hybridized carbons (Fsp3) is 0.409. The van der Waals surface area contributed by atoms with Crippen molar-refractivity contribution in [1.82, 2.24) is 19.4 Å². The Morgan fingerprint density at radius 1 is 1.22 bits per heavy atom. The van der Waals surface area contributed by atoms with Gasteiger partial charge < -0.3 is 9.47 Å². The van der Waals surface area contributed by atoms with Gasteiger partial charge in [0.1, 0.15) is 5.82 Å². The molecule has 5 heteroatoms. The Kier molecular flexibility index (Phi) is 5.19. The molecule has 1 aromatic carbocycles. The third-order valence-corrected chi connectivity index (χ3v) is 5.50. The zero-order valence-corrected chi connectivity index (χ0v) is 15.8. The first-order chi connectivity index (χ1) is 13.3. The van der Waals surface area contributed by atoms with Crippen molar-refractivity contribution in [2.24, 2.45) is 0 Å². The number of carbonyl (C=O) groups excluding carboxylic acids is 1. The van der Waals surface area contributed by atoms with Gasteiger partial charge in [0.15, 0.2) is 0 Å². The minimum absolute atomic E-state index is 0.272. The third-order valence-electron chi connectivity index (χ3n) is 5.50. The topological polar surface area (TPSA) is 51.0 Å². The van der Waals surface area contributed by atoms with Gasteiger partial charge in [0, 0.05) is 38.2 Å². The first kappa shape index (κ1) is 17.7. The van der Waals surface area contributed by atoms with Crippen molar-refractivity contribution in [2.75, 3.05) is 13.1 Å². The summed E-state index contributed by atoms with van der Waals surface area (Å²) in [6, 6.07) is 12.3. The molecule has 1 aliphatic rings. The molecule has 1 aliphatic heterocycles. The molecule has 4 rings (SSSR count). The number of imidazole rings is 1. The van der Waals surface area contributed by atoms with Crippen LogP contribution in [0.2, 0.25) is 0 Å². The molecular formula is C22H26N4O. The predicted molar refractivity (Wildman–Crippen MR) is 107 cm³/mol. The van der Waals surface area contributed by atoms with Gasteiger partial charge in [-0.25, -0.2) is 4.98 Å². The molecule has 0 bridgehead atoms. The molecule has 1 fully saturated rings. The number of aromatic nitrogens is 3. The Hall–Kier alpha value is -2.69. The van der Waals surface area contributed by atoms with Crippen LogP contribution in [0.1, 0.15) is 43.5 Å². The Labute approximate surface area is 160 Å². The van der Waals surface area contributed by atoms with Gasteiger partial charge in [0.2, 0.25) is 5.91 Å². The molecule has 3 heterocycles. The summed E-state index contributed by atoms with van der Waals surface area (Å²) in [7, 11) is 0. The molecule has 0 aliphatic carbocycles. The van der Waals surface area contributed by atoms with Crippen molar-refractivity contribution in [3.05, 3.63) is 60.2 Å². The molecule has 2 aromatic heterocycles. The van der Waals surface area contributed by atoms with Gasteiger partial charge in [-0.1, -0.05) is 30.3 Å². The quantitative estimate of drug-likeness (QED) is 0.670. The first-order valence-electron chi connectivity index (χ1n) is 9.88. The summed E-state index contributed by atoms with van der Waals surface area (Å²) in [6.07, 6.45) is 7.15. The van der Waals surface area contributed by atoms with E-state index in [2.05, 4.69) is 40.7 Å². The van der Waals surface area contributed by atoms with Crippen LogP contribution in [0.5, 0.6) is 0 Å². The van der Waals surface area contributed by atoms with Crippen LogP contribution in [0.25, 0.3) is 11.0 Å². The van der Waals surface area contributed by atoms with Crippen molar-refractivity contribution in [1.29, 1.82) is 0 Å². The van der Waals surface area contributed by atoms with Gasteiger partial charge in [0.25, 0.3) is 0 Å². The highest BCUT2D eigenvalue weighted by molar-refractivity contribution is 5.77. The smallest absolute Gasteiger partial charge is 0.222 e. The summed E-state index contributed by atoms with van der Waals surface area (Å²) in [6.45, 7) is 4.62. The minimum Gasteiger partial charge on any atom is -0.342 e. The molecule has 0 spiro atoms. The van der Waals surface area contributed by atoms with Crippen LogP contribution in [-0.2, 0) is 17.8 Å². The SMILES string of the molecule is CCn1c([C@@H]2CCN(C(=O)CCCc3ccccc3)C2)nc2ccncc21. The highest BCUT2D eigenvalue weighted by Crippen LogP contribution is 2.29. The summed E-state index contributed by atoms with van der Waals surface area (Å²) in [5.74, 6) is 1.68. The van der Waals surface area contributed by atoms with E-state index in [9.17, 15) is 4.79 Å². The van der Waals surface area contributed by atoms with E-state index < -0.39 is 0 Å². The summed E-state index contributed by atoms with van der Waals surface area (Å²) in [5, 5.41) is 0.